The molecule has 0 saturated carbocycles. The van der Waals surface area contributed by atoms with E-state index in [9.17, 15) is 0 Å². The molecule has 1 heterocycles. The van der Waals surface area contributed by atoms with Crippen molar-refractivity contribution in [2.75, 3.05) is 0 Å². The highest BCUT2D eigenvalue weighted by Crippen LogP contribution is 2.28. The first-order valence-corrected chi connectivity index (χ1v) is 8.22. The van der Waals surface area contributed by atoms with Gasteiger partial charge in [-0.25, -0.2) is 0 Å². The molecule has 0 bridgehead atoms. The molecule has 0 aliphatic rings. The zero-order chi connectivity index (χ0) is 17.1. The summed E-state index contributed by atoms with van der Waals surface area (Å²) in [6.07, 6.45) is 0. The number of halogens is 1. The van der Waals surface area contributed by atoms with Gasteiger partial charge in [-0.2, -0.15) is 4.98 Å². The fraction of sp³-hybridized carbons (Fsp3) is 0.263. The first kappa shape index (κ1) is 16.5. The van der Waals surface area contributed by atoms with Gasteiger partial charge in [-0.05, 0) is 42.2 Å². The predicted molar refractivity (Wildman–Crippen MR) is 94.3 cm³/mol. The van der Waals surface area contributed by atoms with Crippen LogP contribution in [0.3, 0.4) is 0 Å². The quantitative estimate of drug-likeness (QED) is 0.622. The molecule has 1 aromatic heterocycles. The Morgan fingerprint density at radius 2 is 2.00 bits per heavy atom. The lowest BCUT2D eigenvalue weighted by Gasteiger charge is -2.13. The second kappa shape index (κ2) is 7.05. The Bertz CT molecular complexity index is 843. The molecule has 24 heavy (non-hydrogen) atoms. The van der Waals surface area contributed by atoms with Crippen LogP contribution < -0.4 is 4.74 Å². The van der Waals surface area contributed by atoms with Gasteiger partial charge in [0.15, 0.2) is 6.61 Å². The molecule has 0 N–H and O–H groups in total. The number of rotatable bonds is 5. The van der Waals surface area contributed by atoms with Gasteiger partial charge in [0.2, 0.25) is 5.82 Å². The summed E-state index contributed by atoms with van der Waals surface area (Å²) in [5.41, 5.74) is 3.13. The smallest absolute Gasteiger partial charge is 0.264 e. The molecule has 3 aromatic rings. The van der Waals surface area contributed by atoms with E-state index in [1.54, 1.807) is 12.1 Å². The molecule has 4 nitrogen and oxygen atoms in total. The third kappa shape index (κ3) is 3.77. The molecule has 0 amide bonds. The predicted octanol–water partition coefficient (Wildman–Crippen LogP) is 5.40. The molecular weight excluding hydrogens is 324 g/mol. The maximum Gasteiger partial charge on any atom is 0.264 e. The van der Waals surface area contributed by atoms with E-state index >= 15 is 0 Å². The van der Waals surface area contributed by atoms with Crippen molar-refractivity contribution < 1.29 is 9.26 Å². The first-order chi connectivity index (χ1) is 11.5. The molecule has 0 aliphatic heterocycles. The van der Waals surface area contributed by atoms with Crippen molar-refractivity contribution in [2.45, 2.75) is 33.3 Å². The number of hydrogen-bond donors (Lipinski definition) is 0. The number of ether oxygens (including phenoxy) is 1. The summed E-state index contributed by atoms with van der Waals surface area (Å²) < 4.78 is 11.2. The largest absolute Gasteiger partial charge is 0.483 e. The van der Waals surface area contributed by atoms with E-state index < -0.39 is 0 Å². The summed E-state index contributed by atoms with van der Waals surface area (Å²) in [7, 11) is 0. The molecule has 0 aliphatic carbocycles. The summed E-state index contributed by atoms with van der Waals surface area (Å²) in [4.78, 5) is 4.37. The van der Waals surface area contributed by atoms with Crippen LogP contribution in [-0.4, -0.2) is 10.1 Å². The van der Waals surface area contributed by atoms with Crippen LogP contribution in [-0.2, 0) is 6.61 Å². The molecule has 124 valence electrons. The van der Waals surface area contributed by atoms with E-state index in [2.05, 4.69) is 36.1 Å². The Hall–Kier alpha value is -2.33. The fourth-order valence-corrected chi connectivity index (χ4v) is 2.63. The summed E-state index contributed by atoms with van der Waals surface area (Å²) in [6, 6.07) is 13.6. The van der Waals surface area contributed by atoms with Gasteiger partial charge in [0.25, 0.3) is 5.89 Å². The third-order valence-electron chi connectivity index (χ3n) is 3.69. The maximum absolute atomic E-state index is 5.99. The second-order valence-corrected chi connectivity index (χ2v) is 6.44. The van der Waals surface area contributed by atoms with Crippen LogP contribution in [0.4, 0.5) is 0 Å². The molecule has 3 rings (SSSR count). The van der Waals surface area contributed by atoms with Crippen molar-refractivity contribution >= 4 is 11.6 Å². The number of hydrogen-bond acceptors (Lipinski definition) is 4. The Labute approximate surface area is 146 Å². The minimum absolute atomic E-state index is 0.233. The minimum Gasteiger partial charge on any atom is -0.483 e. The molecule has 5 heteroatoms. The van der Waals surface area contributed by atoms with E-state index in [4.69, 9.17) is 20.9 Å². The Kier molecular flexibility index (Phi) is 4.86. The van der Waals surface area contributed by atoms with Crippen molar-refractivity contribution in [3.63, 3.8) is 0 Å². The Morgan fingerprint density at radius 1 is 1.17 bits per heavy atom. The van der Waals surface area contributed by atoms with Gasteiger partial charge < -0.3 is 9.26 Å². The van der Waals surface area contributed by atoms with Crippen LogP contribution in [0.5, 0.6) is 5.75 Å². The summed E-state index contributed by atoms with van der Waals surface area (Å²) >= 11 is 5.99. The fourth-order valence-electron chi connectivity index (χ4n) is 2.44. The van der Waals surface area contributed by atoms with E-state index in [1.807, 2.05) is 25.1 Å². The Balaban J connectivity index is 1.76. The average molecular weight is 343 g/mol. The second-order valence-electron chi connectivity index (χ2n) is 6.01. The zero-order valence-electron chi connectivity index (χ0n) is 13.9. The standard InChI is InChI=1S/C19H19ClN2O2/c1-12(2)16-8-7-13(3)9-17(16)23-11-18-21-19(22-24-18)14-5-4-6-15(20)10-14/h4-10,12H,11H2,1-3H3. The van der Waals surface area contributed by atoms with Crippen molar-refractivity contribution in [1.82, 2.24) is 10.1 Å². The van der Waals surface area contributed by atoms with E-state index in [0.29, 0.717) is 22.7 Å². The monoisotopic (exact) mass is 342 g/mol. The summed E-state index contributed by atoms with van der Waals surface area (Å²) in [6.45, 7) is 6.56. The van der Waals surface area contributed by atoms with Gasteiger partial charge in [-0.1, -0.05) is 54.9 Å². The summed E-state index contributed by atoms with van der Waals surface area (Å²) in [5.74, 6) is 2.17. The molecule has 0 unspecified atom stereocenters. The number of nitrogens with zero attached hydrogens (tertiary/aromatic N) is 2. The first-order valence-electron chi connectivity index (χ1n) is 7.85. The molecular formula is C19H19ClN2O2. The molecule has 0 saturated heterocycles. The lowest BCUT2D eigenvalue weighted by molar-refractivity contribution is 0.240. The van der Waals surface area contributed by atoms with Crippen molar-refractivity contribution in [3.8, 4) is 17.1 Å². The van der Waals surface area contributed by atoms with Crippen LogP contribution >= 0.6 is 11.6 Å². The van der Waals surface area contributed by atoms with Crippen molar-refractivity contribution in [2.24, 2.45) is 0 Å². The van der Waals surface area contributed by atoms with Crippen molar-refractivity contribution in [3.05, 3.63) is 64.5 Å². The third-order valence-corrected chi connectivity index (χ3v) is 3.93. The van der Waals surface area contributed by atoms with Crippen LogP contribution in [0.25, 0.3) is 11.4 Å². The minimum atomic E-state index is 0.233. The van der Waals surface area contributed by atoms with Crippen LogP contribution in [0.1, 0.15) is 36.8 Å². The van der Waals surface area contributed by atoms with E-state index in [0.717, 1.165) is 22.4 Å². The summed E-state index contributed by atoms with van der Waals surface area (Å²) in [5, 5.41) is 4.63. The van der Waals surface area contributed by atoms with Crippen LogP contribution in [0, 0.1) is 6.92 Å². The number of aromatic nitrogens is 2. The van der Waals surface area contributed by atoms with Crippen LogP contribution in [0.15, 0.2) is 47.0 Å². The van der Waals surface area contributed by atoms with E-state index in [1.165, 1.54) is 0 Å². The van der Waals surface area contributed by atoms with Gasteiger partial charge in [-0.15, -0.1) is 0 Å². The maximum atomic E-state index is 5.99. The number of benzene rings is 2. The highest BCUT2D eigenvalue weighted by Gasteiger charge is 2.12. The number of aryl methyl sites for hydroxylation is 1. The molecule has 0 spiro atoms. The van der Waals surface area contributed by atoms with E-state index in [-0.39, 0.29) is 6.61 Å². The normalized spacial score (nSPS) is 11.0. The highest BCUT2D eigenvalue weighted by atomic mass is 35.5. The van der Waals surface area contributed by atoms with Gasteiger partial charge in [0.1, 0.15) is 5.75 Å². The van der Waals surface area contributed by atoms with Crippen LogP contribution in [0.2, 0.25) is 5.02 Å². The van der Waals surface area contributed by atoms with Gasteiger partial charge in [-0.3, -0.25) is 0 Å². The van der Waals surface area contributed by atoms with Gasteiger partial charge in [0, 0.05) is 10.6 Å². The highest BCUT2D eigenvalue weighted by molar-refractivity contribution is 6.30. The molecule has 0 atom stereocenters. The van der Waals surface area contributed by atoms with Gasteiger partial charge >= 0.3 is 0 Å². The van der Waals surface area contributed by atoms with Crippen molar-refractivity contribution in [1.29, 1.82) is 0 Å². The topological polar surface area (TPSA) is 48.2 Å². The lowest BCUT2D eigenvalue weighted by atomic mass is 10.0. The Morgan fingerprint density at radius 3 is 2.75 bits per heavy atom. The SMILES string of the molecule is Cc1ccc(C(C)C)c(OCc2nc(-c3cccc(Cl)c3)no2)c1. The van der Waals surface area contributed by atoms with Gasteiger partial charge in [0.05, 0.1) is 0 Å². The molecule has 2 aromatic carbocycles. The average Bonchev–Trinajstić information content (AvgIpc) is 3.01. The molecule has 0 fully saturated rings. The zero-order valence-corrected chi connectivity index (χ0v) is 14.7. The molecule has 0 radical (unpaired) electrons. The lowest BCUT2D eigenvalue weighted by Crippen LogP contribution is -2.00.